The second-order valence-corrected chi connectivity index (χ2v) is 7.75. The minimum absolute atomic E-state index is 0. The van der Waals surface area contributed by atoms with E-state index in [0.717, 1.165) is 24.0 Å². The lowest BCUT2D eigenvalue weighted by Gasteiger charge is -2.24. The Bertz CT molecular complexity index is 748. The lowest BCUT2D eigenvalue weighted by Crippen LogP contribution is -2.40. The van der Waals surface area contributed by atoms with E-state index in [4.69, 9.17) is 0 Å². The number of nitrogens with one attached hydrogen (secondary N) is 1. The van der Waals surface area contributed by atoms with Gasteiger partial charge in [-0.05, 0) is 43.1 Å². The molecule has 1 atom stereocenters. The summed E-state index contributed by atoms with van der Waals surface area (Å²) < 4.78 is 27.4. The minimum atomic E-state index is -3.42. The Balaban J connectivity index is 0.00000208. The molecule has 130 valence electrons. The van der Waals surface area contributed by atoms with Crippen molar-refractivity contribution in [1.29, 1.82) is 0 Å². The highest BCUT2D eigenvalue weighted by molar-refractivity contribution is 7.89. The van der Waals surface area contributed by atoms with Gasteiger partial charge in [-0.2, -0.15) is 4.31 Å². The van der Waals surface area contributed by atoms with Crippen molar-refractivity contribution in [3.8, 4) is 11.1 Å². The molecule has 1 aliphatic heterocycles. The number of hydrogen-bond donors (Lipinski definition) is 1. The van der Waals surface area contributed by atoms with Crippen LogP contribution in [0.15, 0.2) is 59.5 Å². The zero-order chi connectivity index (χ0) is 16.3. The maximum absolute atomic E-state index is 12.9. The fourth-order valence-corrected chi connectivity index (χ4v) is 4.84. The van der Waals surface area contributed by atoms with Gasteiger partial charge in [-0.15, -0.1) is 12.4 Å². The van der Waals surface area contributed by atoms with Crippen molar-refractivity contribution >= 4 is 22.4 Å². The molecule has 4 nitrogen and oxygen atoms in total. The number of halogens is 1. The molecule has 1 heterocycles. The van der Waals surface area contributed by atoms with E-state index in [1.165, 1.54) is 0 Å². The smallest absolute Gasteiger partial charge is 0.243 e. The highest BCUT2D eigenvalue weighted by Crippen LogP contribution is 2.27. The van der Waals surface area contributed by atoms with Crippen LogP contribution in [0.4, 0.5) is 0 Å². The highest BCUT2D eigenvalue weighted by atomic mass is 35.5. The molecule has 0 aromatic heterocycles. The van der Waals surface area contributed by atoms with Crippen molar-refractivity contribution in [2.45, 2.75) is 23.8 Å². The summed E-state index contributed by atoms with van der Waals surface area (Å²) >= 11 is 0. The van der Waals surface area contributed by atoms with Gasteiger partial charge in [0.15, 0.2) is 0 Å². The Morgan fingerprint density at radius 2 is 1.67 bits per heavy atom. The van der Waals surface area contributed by atoms with Crippen LogP contribution >= 0.6 is 12.4 Å². The van der Waals surface area contributed by atoms with E-state index in [2.05, 4.69) is 5.32 Å². The molecule has 0 bridgehead atoms. The Morgan fingerprint density at radius 3 is 2.29 bits per heavy atom. The molecular formula is C18H23ClN2O2S. The second kappa shape index (κ2) is 8.12. The van der Waals surface area contributed by atoms with Crippen molar-refractivity contribution < 1.29 is 8.42 Å². The first kappa shape index (κ1) is 18.9. The summed E-state index contributed by atoms with van der Waals surface area (Å²) in [6.45, 7) is 1.30. The highest BCUT2D eigenvalue weighted by Gasteiger charge is 2.34. The van der Waals surface area contributed by atoms with Gasteiger partial charge in [-0.1, -0.05) is 42.5 Å². The van der Waals surface area contributed by atoms with E-state index >= 15 is 0 Å². The molecule has 0 amide bonds. The van der Waals surface area contributed by atoms with Crippen LogP contribution in [-0.4, -0.2) is 38.9 Å². The number of benzene rings is 2. The average molecular weight is 367 g/mol. The number of sulfonamides is 1. The number of nitrogens with zero attached hydrogens (tertiary/aromatic N) is 1. The molecule has 1 aliphatic rings. The topological polar surface area (TPSA) is 49.4 Å². The van der Waals surface area contributed by atoms with Gasteiger partial charge in [0, 0.05) is 19.1 Å². The zero-order valence-electron chi connectivity index (χ0n) is 13.7. The molecule has 2 aromatic rings. The van der Waals surface area contributed by atoms with E-state index < -0.39 is 10.0 Å². The van der Waals surface area contributed by atoms with E-state index in [9.17, 15) is 8.42 Å². The zero-order valence-corrected chi connectivity index (χ0v) is 15.3. The normalized spacial score (nSPS) is 18.3. The van der Waals surface area contributed by atoms with Gasteiger partial charge in [0.05, 0.1) is 4.90 Å². The standard InChI is InChI=1S/C18H22N2O2S.ClH/c1-19-14-17-8-5-13-20(17)23(21,22)18-11-9-16(10-12-18)15-6-3-2-4-7-15;/h2-4,6-7,9-12,17,19H,5,8,13-14H2,1H3;1H. The predicted molar refractivity (Wildman–Crippen MR) is 100.0 cm³/mol. The lowest BCUT2D eigenvalue weighted by molar-refractivity contribution is 0.379. The maximum Gasteiger partial charge on any atom is 0.243 e. The van der Waals surface area contributed by atoms with E-state index in [1.807, 2.05) is 49.5 Å². The minimum Gasteiger partial charge on any atom is -0.318 e. The van der Waals surface area contributed by atoms with Gasteiger partial charge in [0.2, 0.25) is 10.0 Å². The monoisotopic (exact) mass is 366 g/mol. The fourth-order valence-electron chi connectivity index (χ4n) is 3.15. The molecule has 0 aliphatic carbocycles. The SMILES string of the molecule is CNCC1CCCN1S(=O)(=O)c1ccc(-c2ccccc2)cc1.Cl. The third-order valence-corrected chi connectivity index (χ3v) is 6.30. The van der Waals surface area contributed by atoms with Crippen LogP contribution in [0.5, 0.6) is 0 Å². The van der Waals surface area contributed by atoms with Gasteiger partial charge in [0.1, 0.15) is 0 Å². The molecule has 3 rings (SSSR count). The summed E-state index contributed by atoms with van der Waals surface area (Å²) in [5.41, 5.74) is 2.11. The fraction of sp³-hybridized carbons (Fsp3) is 0.333. The Hall–Kier alpha value is -1.40. The molecule has 0 spiro atoms. The second-order valence-electron chi connectivity index (χ2n) is 5.86. The van der Waals surface area contributed by atoms with Crippen LogP contribution in [0.1, 0.15) is 12.8 Å². The lowest BCUT2D eigenvalue weighted by atomic mass is 10.1. The molecule has 1 unspecified atom stereocenters. The van der Waals surface area contributed by atoms with Crippen LogP contribution < -0.4 is 5.32 Å². The largest absolute Gasteiger partial charge is 0.318 e. The average Bonchev–Trinajstić information content (AvgIpc) is 3.05. The summed E-state index contributed by atoms with van der Waals surface area (Å²) in [5, 5.41) is 3.09. The molecule has 1 saturated heterocycles. The van der Waals surface area contributed by atoms with E-state index in [1.54, 1.807) is 16.4 Å². The van der Waals surface area contributed by atoms with Crippen LogP contribution in [0.2, 0.25) is 0 Å². The number of hydrogen-bond acceptors (Lipinski definition) is 3. The van der Waals surface area contributed by atoms with Gasteiger partial charge in [-0.25, -0.2) is 8.42 Å². The van der Waals surface area contributed by atoms with Crippen molar-refractivity contribution in [2.75, 3.05) is 20.1 Å². The summed E-state index contributed by atoms with van der Waals surface area (Å²) in [7, 11) is -1.56. The van der Waals surface area contributed by atoms with Crippen molar-refractivity contribution in [3.05, 3.63) is 54.6 Å². The first-order valence-corrected chi connectivity index (χ1v) is 9.39. The van der Waals surface area contributed by atoms with E-state index in [0.29, 0.717) is 18.0 Å². The molecule has 2 aromatic carbocycles. The van der Waals surface area contributed by atoms with Gasteiger partial charge in [-0.3, -0.25) is 0 Å². The first-order valence-electron chi connectivity index (χ1n) is 7.95. The quantitative estimate of drug-likeness (QED) is 0.884. The molecule has 1 fully saturated rings. The van der Waals surface area contributed by atoms with Crippen LogP contribution in [-0.2, 0) is 10.0 Å². The Kier molecular flexibility index (Phi) is 6.40. The van der Waals surface area contributed by atoms with Crippen LogP contribution in [0.25, 0.3) is 11.1 Å². The Morgan fingerprint density at radius 1 is 1.04 bits per heavy atom. The summed E-state index contributed by atoms with van der Waals surface area (Å²) in [4.78, 5) is 0.375. The maximum atomic E-state index is 12.9. The van der Waals surface area contributed by atoms with Gasteiger partial charge in [0.25, 0.3) is 0 Å². The predicted octanol–water partition coefficient (Wildman–Crippen LogP) is 3.15. The van der Waals surface area contributed by atoms with Crippen molar-refractivity contribution in [3.63, 3.8) is 0 Å². The van der Waals surface area contributed by atoms with Crippen LogP contribution in [0, 0.1) is 0 Å². The number of likely N-dealkylation sites (N-methyl/N-ethyl adjacent to an activating group) is 1. The molecular weight excluding hydrogens is 344 g/mol. The first-order chi connectivity index (χ1) is 11.1. The molecule has 1 N–H and O–H groups in total. The summed E-state index contributed by atoms with van der Waals surface area (Å²) in [5.74, 6) is 0. The summed E-state index contributed by atoms with van der Waals surface area (Å²) in [6.07, 6.45) is 1.84. The molecule has 6 heteroatoms. The third-order valence-electron chi connectivity index (χ3n) is 4.33. The Labute approximate surface area is 150 Å². The van der Waals surface area contributed by atoms with Gasteiger partial charge < -0.3 is 5.32 Å². The van der Waals surface area contributed by atoms with E-state index in [-0.39, 0.29) is 18.4 Å². The molecule has 0 radical (unpaired) electrons. The third kappa shape index (κ3) is 3.81. The van der Waals surface area contributed by atoms with Crippen LogP contribution in [0.3, 0.4) is 0 Å². The molecule has 0 saturated carbocycles. The molecule has 24 heavy (non-hydrogen) atoms. The number of rotatable bonds is 5. The van der Waals surface area contributed by atoms with Gasteiger partial charge >= 0.3 is 0 Å². The van der Waals surface area contributed by atoms with Crippen molar-refractivity contribution in [1.82, 2.24) is 9.62 Å². The summed E-state index contributed by atoms with van der Waals surface area (Å²) in [6, 6.07) is 17.2. The van der Waals surface area contributed by atoms with Crippen molar-refractivity contribution in [2.24, 2.45) is 0 Å².